The van der Waals surface area contributed by atoms with Gasteiger partial charge in [-0.25, -0.2) is 0 Å². The highest BCUT2D eigenvalue weighted by Crippen LogP contribution is 2.60. The Balaban J connectivity index is 1.81. The first-order valence-corrected chi connectivity index (χ1v) is 12.5. The van der Waals surface area contributed by atoms with E-state index in [0.717, 1.165) is 16.8 Å². The predicted octanol–water partition coefficient (Wildman–Crippen LogP) is 2.13. The van der Waals surface area contributed by atoms with E-state index in [1.54, 1.807) is 17.9 Å². The summed E-state index contributed by atoms with van der Waals surface area (Å²) >= 11 is 3.62. The number of carbonyl (C=O) groups is 3. The van der Waals surface area contributed by atoms with Gasteiger partial charge in [-0.1, -0.05) is 34.1 Å². The number of hydrogen-bond acceptors (Lipinski definition) is 6. The van der Waals surface area contributed by atoms with Crippen molar-refractivity contribution in [2.24, 2.45) is 11.8 Å². The van der Waals surface area contributed by atoms with Crippen LogP contribution in [-0.2, 0) is 23.9 Å². The van der Waals surface area contributed by atoms with E-state index in [1.165, 1.54) is 4.90 Å². The van der Waals surface area contributed by atoms with Crippen molar-refractivity contribution in [1.29, 1.82) is 0 Å². The second-order valence-electron chi connectivity index (χ2n) is 9.20. The zero-order chi connectivity index (χ0) is 24.8. The predicted molar refractivity (Wildman–Crippen MR) is 130 cm³/mol. The van der Waals surface area contributed by atoms with E-state index in [1.807, 2.05) is 32.0 Å². The molecule has 1 aromatic rings. The summed E-state index contributed by atoms with van der Waals surface area (Å²) in [6.45, 7) is 9.50. The molecular formula is C25H31BrN2O6. The van der Waals surface area contributed by atoms with Crippen molar-refractivity contribution in [3.63, 3.8) is 0 Å². The zero-order valence-electron chi connectivity index (χ0n) is 19.7. The van der Waals surface area contributed by atoms with Gasteiger partial charge in [0.1, 0.15) is 11.6 Å². The fourth-order valence-electron chi connectivity index (χ4n) is 5.86. The lowest BCUT2D eigenvalue weighted by molar-refractivity contribution is -0.154. The molecule has 3 saturated heterocycles. The molecular weight excluding hydrogens is 504 g/mol. The van der Waals surface area contributed by atoms with Gasteiger partial charge in [-0.05, 0) is 44.4 Å². The summed E-state index contributed by atoms with van der Waals surface area (Å²) in [4.78, 5) is 43.6. The van der Waals surface area contributed by atoms with Crippen molar-refractivity contribution in [3.05, 3.63) is 42.0 Å². The minimum Gasteiger partial charge on any atom is -0.466 e. The molecule has 0 aliphatic carbocycles. The van der Waals surface area contributed by atoms with Crippen LogP contribution < -0.4 is 4.90 Å². The molecule has 1 spiro atoms. The number of hydrogen-bond donors (Lipinski definition) is 1. The number of halogens is 1. The van der Waals surface area contributed by atoms with Crippen LogP contribution in [0.15, 0.2) is 30.9 Å². The molecule has 0 aromatic heterocycles. The van der Waals surface area contributed by atoms with Crippen molar-refractivity contribution < 1.29 is 29.0 Å². The summed E-state index contributed by atoms with van der Waals surface area (Å²) in [6, 6.07) is 4.87. The molecule has 3 fully saturated rings. The molecule has 34 heavy (non-hydrogen) atoms. The van der Waals surface area contributed by atoms with Gasteiger partial charge in [-0.3, -0.25) is 14.4 Å². The Labute approximate surface area is 208 Å². The van der Waals surface area contributed by atoms with Crippen LogP contribution in [-0.4, -0.2) is 76.7 Å². The summed E-state index contributed by atoms with van der Waals surface area (Å²) in [5, 5.41) is 9.75. The molecule has 3 aliphatic heterocycles. The van der Waals surface area contributed by atoms with Gasteiger partial charge in [0, 0.05) is 23.6 Å². The Morgan fingerprint density at radius 2 is 2.15 bits per heavy atom. The van der Waals surface area contributed by atoms with E-state index in [4.69, 9.17) is 9.47 Å². The number of rotatable bonds is 8. The molecule has 2 bridgehead atoms. The van der Waals surface area contributed by atoms with Gasteiger partial charge in [0.05, 0.1) is 31.2 Å². The van der Waals surface area contributed by atoms with Gasteiger partial charge in [0.2, 0.25) is 5.91 Å². The fourth-order valence-corrected chi connectivity index (χ4v) is 6.80. The Morgan fingerprint density at radius 1 is 1.41 bits per heavy atom. The van der Waals surface area contributed by atoms with Crippen molar-refractivity contribution in [2.45, 2.75) is 49.8 Å². The summed E-state index contributed by atoms with van der Waals surface area (Å²) < 4.78 is 11.7. The van der Waals surface area contributed by atoms with E-state index in [0.29, 0.717) is 6.42 Å². The number of aliphatic hydroxyl groups excluding tert-OH is 1. The van der Waals surface area contributed by atoms with Crippen LogP contribution in [0.5, 0.6) is 0 Å². The van der Waals surface area contributed by atoms with E-state index >= 15 is 0 Å². The maximum absolute atomic E-state index is 14.3. The molecule has 4 rings (SSSR count). The van der Waals surface area contributed by atoms with Gasteiger partial charge in [-0.2, -0.15) is 0 Å². The van der Waals surface area contributed by atoms with Gasteiger partial charge in [0.25, 0.3) is 5.91 Å². The lowest BCUT2D eigenvalue weighted by Gasteiger charge is -2.37. The first-order valence-electron chi connectivity index (χ1n) is 11.6. The smallest absolute Gasteiger partial charge is 0.312 e. The molecule has 0 radical (unpaired) electrons. The number of fused-ring (bicyclic) bond motifs is 1. The van der Waals surface area contributed by atoms with Crippen LogP contribution in [0, 0.1) is 25.7 Å². The van der Waals surface area contributed by atoms with Gasteiger partial charge < -0.3 is 24.4 Å². The van der Waals surface area contributed by atoms with E-state index in [2.05, 4.69) is 22.5 Å². The third kappa shape index (κ3) is 3.69. The molecule has 9 heteroatoms. The number of aliphatic hydroxyl groups is 1. The topological polar surface area (TPSA) is 96.4 Å². The third-order valence-corrected chi connectivity index (χ3v) is 8.00. The minimum absolute atomic E-state index is 0.0290. The number of carbonyl (C=O) groups excluding carboxylic acids is 3. The van der Waals surface area contributed by atoms with E-state index in [9.17, 15) is 19.5 Å². The Kier molecular flexibility index (Phi) is 6.90. The van der Waals surface area contributed by atoms with Crippen molar-refractivity contribution in [1.82, 2.24) is 4.90 Å². The SMILES string of the molecule is C=CCN(C(=O)[C@@H]1N(CCO)C(=O)[C@H]2[C@H](C(=O)OCC)[C@H]3O[C@@]12CC3Br)c1cc(C)ccc1C. The normalized spacial score (nSPS) is 31.5. The van der Waals surface area contributed by atoms with Gasteiger partial charge in [-0.15, -0.1) is 6.58 Å². The summed E-state index contributed by atoms with van der Waals surface area (Å²) in [7, 11) is 0. The van der Waals surface area contributed by atoms with Crippen LogP contribution in [0.1, 0.15) is 24.5 Å². The fraction of sp³-hybridized carbons (Fsp3) is 0.560. The number of aryl methyl sites for hydroxylation is 2. The molecule has 3 heterocycles. The highest BCUT2D eigenvalue weighted by atomic mass is 79.9. The highest BCUT2D eigenvalue weighted by molar-refractivity contribution is 9.09. The maximum Gasteiger partial charge on any atom is 0.312 e. The van der Waals surface area contributed by atoms with E-state index < -0.39 is 35.6 Å². The van der Waals surface area contributed by atoms with Crippen LogP contribution >= 0.6 is 15.9 Å². The van der Waals surface area contributed by atoms with Crippen LogP contribution in [0.25, 0.3) is 0 Å². The highest BCUT2D eigenvalue weighted by Gasteiger charge is 2.77. The van der Waals surface area contributed by atoms with Crippen molar-refractivity contribution in [3.8, 4) is 0 Å². The average molecular weight is 535 g/mol. The number of esters is 1. The average Bonchev–Trinajstić information content (AvgIpc) is 3.38. The monoisotopic (exact) mass is 534 g/mol. The van der Waals surface area contributed by atoms with Crippen LogP contribution in [0.4, 0.5) is 5.69 Å². The lowest BCUT2D eigenvalue weighted by atomic mass is 9.70. The molecule has 3 aliphatic rings. The molecule has 1 unspecified atom stereocenters. The zero-order valence-corrected chi connectivity index (χ0v) is 21.3. The van der Waals surface area contributed by atoms with E-state index in [-0.39, 0.29) is 42.9 Å². The lowest BCUT2D eigenvalue weighted by Crippen LogP contribution is -2.57. The molecule has 1 aromatic carbocycles. The Morgan fingerprint density at radius 3 is 2.79 bits per heavy atom. The Hall–Kier alpha value is -2.23. The maximum atomic E-state index is 14.3. The van der Waals surface area contributed by atoms with Gasteiger partial charge in [0.15, 0.2) is 0 Å². The Bertz CT molecular complexity index is 1020. The number of benzene rings is 1. The summed E-state index contributed by atoms with van der Waals surface area (Å²) in [5.74, 6) is -2.81. The molecule has 2 amide bonds. The third-order valence-electron chi connectivity index (χ3n) is 7.16. The van der Waals surface area contributed by atoms with Gasteiger partial charge >= 0.3 is 5.97 Å². The number of anilines is 1. The number of amides is 2. The molecule has 0 saturated carbocycles. The molecule has 6 atom stereocenters. The second-order valence-corrected chi connectivity index (χ2v) is 10.4. The quantitative estimate of drug-likeness (QED) is 0.311. The number of nitrogens with zero attached hydrogens (tertiary/aromatic N) is 2. The molecule has 184 valence electrons. The van der Waals surface area contributed by atoms with Crippen LogP contribution in [0.2, 0.25) is 0 Å². The van der Waals surface area contributed by atoms with Crippen molar-refractivity contribution in [2.75, 3.05) is 31.2 Å². The standard InChI is InChI=1S/C25H31BrN2O6/c1-5-9-27(17-12-14(3)7-8-15(17)4)23(31)21-25-13-16(26)20(34-25)18(24(32)33-6-2)19(25)22(30)28(21)10-11-29/h5,7-8,12,16,18-21,29H,1,6,9-11,13H2,2-4H3/t16?,18-,19+,20-,21-,25+/m0/s1. The second kappa shape index (κ2) is 9.43. The first kappa shape index (κ1) is 24.9. The summed E-state index contributed by atoms with van der Waals surface area (Å²) in [5.41, 5.74) is 1.45. The van der Waals surface area contributed by atoms with Crippen LogP contribution in [0.3, 0.4) is 0 Å². The number of alkyl halides is 1. The number of ether oxygens (including phenoxy) is 2. The first-order chi connectivity index (χ1) is 16.2. The largest absolute Gasteiger partial charge is 0.466 e. The molecule has 1 N–H and O–H groups in total. The van der Waals surface area contributed by atoms with Crippen molar-refractivity contribution >= 4 is 39.4 Å². The molecule has 8 nitrogen and oxygen atoms in total. The minimum atomic E-state index is -1.18. The number of β-amino-alcohol motifs (C(OH)–C–C–N with tert-alkyl or cyclic N) is 1. The summed E-state index contributed by atoms with van der Waals surface area (Å²) in [6.07, 6.45) is 1.48. The number of likely N-dealkylation sites (tertiary alicyclic amines) is 1.